The Morgan fingerprint density at radius 2 is 1.59 bits per heavy atom. The molecule has 0 atom stereocenters. The second-order valence-electron chi connectivity index (χ2n) is 7.39. The Hall–Kier alpha value is -4.46. The lowest BCUT2D eigenvalue weighted by molar-refractivity contribution is -0.136. The van der Waals surface area contributed by atoms with E-state index in [1.54, 1.807) is 36.4 Å². The number of para-hydroxylation sites is 2. The van der Waals surface area contributed by atoms with Crippen molar-refractivity contribution < 1.29 is 19.1 Å². The van der Waals surface area contributed by atoms with Gasteiger partial charge in [0.05, 0.1) is 6.21 Å². The Kier molecular flexibility index (Phi) is 8.51. The molecule has 8 nitrogen and oxygen atoms in total. The number of hydrogen-bond donors (Lipinski definition) is 3. The molecule has 3 rings (SSSR count). The highest BCUT2D eigenvalue weighted by molar-refractivity contribution is 6.39. The number of carbonyl (C=O) groups is 3. The third kappa shape index (κ3) is 7.03. The standard InChI is InChI=1S/C26H26N4O4/c1-3-19-12-14-21(15-13-19)28-24(31)17-34-23-11-7-5-9-20(23)16-27-30-26(33)25(32)29-22-10-6-4-8-18(22)2/h4-16H,3,17H2,1-2H3,(H,28,31)(H,29,32)(H,30,33)/b27-16-. The lowest BCUT2D eigenvalue weighted by Gasteiger charge is -2.10. The maximum absolute atomic E-state index is 12.2. The monoisotopic (exact) mass is 458 g/mol. The summed E-state index contributed by atoms with van der Waals surface area (Å²) in [5, 5.41) is 9.15. The van der Waals surface area contributed by atoms with Crippen molar-refractivity contribution in [3.05, 3.63) is 89.5 Å². The Morgan fingerprint density at radius 1 is 0.882 bits per heavy atom. The highest BCUT2D eigenvalue weighted by Crippen LogP contribution is 2.16. The van der Waals surface area contributed by atoms with E-state index in [-0.39, 0.29) is 12.5 Å². The molecule has 0 unspecified atom stereocenters. The summed E-state index contributed by atoms with van der Waals surface area (Å²) in [6.45, 7) is 3.68. The molecular weight excluding hydrogens is 432 g/mol. The Labute approximate surface area is 198 Å². The highest BCUT2D eigenvalue weighted by atomic mass is 16.5. The van der Waals surface area contributed by atoms with Crippen molar-refractivity contribution in [3.63, 3.8) is 0 Å². The van der Waals surface area contributed by atoms with Gasteiger partial charge in [0.1, 0.15) is 5.75 Å². The van der Waals surface area contributed by atoms with E-state index in [1.807, 2.05) is 43.3 Å². The molecule has 0 aliphatic carbocycles. The number of benzene rings is 3. The lowest BCUT2D eigenvalue weighted by Crippen LogP contribution is -2.32. The van der Waals surface area contributed by atoms with E-state index in [0.29, 0.717) is 22.7 Å². The summed E-state index contributed by atoms with van der Waals surface area (Å²) in [5.41, 5.74) is 5.97. The smallest absolute Gasteiger partial charge is 0.329 e. The summed E-state index contributed by atoms with van der Waals surface area (Å²) >= 11 is 0. The molecule has 0 heterocycles. The van der Waals surface area contributed by atoms with Crippen molar-refractivity contribution >= 4 is 35.3 Å². The topological polar surface area (TPSA) is 109 Å². The zero-order valence-electron chi connectivity index (χ0n) is 19.0. The summed E-state index contributed by atoms with van der Waals surface area (Å²) in [7, 11) is 0. The van der Waals surface area contributed by atoms with Crippen LogP contribution in [0.3, 0.4) is 0 Å². The van der Waals surface area contributed by atoms with Gasteiger partial charge < -0.3 is 15.4 Å². The first-order valence-corrected chi connectivity index (χ1v) is 10.8. The van der Waals surface area contributed by atoms with Crippen LogP contribution in [0.1, 0.15) is 23.6 Å². The molecule has 0 aromatic heterocycles. The number of anilines is 2. The van der Waals surface area contributed by atoms with Crippen LogP contribution in [0.5, 0.6) is 5.75 Å². The molecule has 0 aliphatic heterocycles. The number of rotatable bonds is 8. The van der Waals surface area contributed by atoms with Crippen LogP contribution in [0.4, 0.5) is 11.4 Å². The van der Waals surface area contributed by atoms with Crippen molar-refractivity contribution in [2.75, 3.05) is 17.2 Å². The van der Waals surface area contributed by atoms with Crippen LogP contribution >= 0.6 is 0 Å². The average Bonchev–Trinajstić information content (AvgIpc) is 2.85. The first-order chi connectivity index (χ1) is 16.5. The molecule has 0 radical (unpaired) electrons. The van der Waals surface area contributed by atoms with Crippen LogP contribution in [0.25, 0.3) is 0 Å². The van der Waals surface area contributed by atoms with Crippen molar-refractivity contribution in [1.82, 2.24) is 5.43 Å². The van der Waals surface area contributed by atoms with Crippen LogP contribution in [-0.2, 0) is 20.8 Å². The third-order valence-electron chi connectivity index (χ3n) is 4.89. The quantitative estimate of drug-likeness (QED) is 0.272. The molecule has 34 heavy (non-hydrogen) atoms. The largest absolute Gasteiger partial charge is 0.483 e. The van der Waals surface area contributed by atoms with E-state index < -0.39 is 11.8 Å². The van der Waals surface area contributed by atoms with Gasteiger partial charge in [-0.05, 0) is 54.8 Å². The van der Waals surface area contributed by atoms with Crippen LogP contribution in [0, 0.1) is 6.92 Å². The van der Waals surface area contributed by atoms with Crippen molar-refractivity contribution in [2.24, 2.45) is 5.10 Å². The normalized spacial score (nSPS) is 10.5. The zero-order chi connectivity index (χ0) is 24.3. The van der Waals surface area contributed by atoms with E-state index in [9.17, 15) is 14.4 Å². The molecule has 8 heteroatoms. The predicted octanol–water partition coefficient (Wildman–Crippen LogP) is 3.66. The molecule has 3 aromatic carbocycles. The molecule has 0 spiro atoms. The molecule has 0 saturated carbocycles. The summed E-state index contributed by atoms with van der Waals surface area (Å²) in [6.07, 6.45) is 2.27. The minimum absolute atomic E-state index is 0.203. The summed E-state index contributed by atoms with van der Waals surface area (Å²) < 4.78 is 5.62. The molecule has 3 aromatic rings. The zero-order valence-corrected chi connectivity index (χ0v) is 19.0. The fourth-order valence-corrected chi connectivity index (χ4v) is 2.99. The van der Waals surface area contributed by atoms with Crippen molar-refractivity contribution in [3.8, 4) is 5.75 Å². The average molecular weight is 459 g/mol. The van der Waals surface area contributed by atoms with Gasteiger partial charge in [0, 0.05) is 16.9 Å². The molecule has 174 valence electrons. The van der Waals surface area contributed by atoms with Crippen LogP contribution in [-0.4, -0.2) is 30.5 Å². The van der Waals surface area contributed by atoms with Gasteiger partial charge in [-0.25, -0.2) is 5.43 Å². The van der Waals surface area contributed by atoms with Crippen molar-refractivity contribution in [1.29, 1.82) is 0 Å². The lowest BCUT2D eigenvalue weighted by atomic mass is 10.1. The fourth-order valence-electron chi connectivity index (χ4n) is 2.99. The van der Waals surface area contributed by atoms with Gasteiger partial charge in [-0.15, -0.1) is 0 Å². The molecule has 0 saturated heterocycles. The maximum Gasteiger partial charge on any atom is 0.329 e. The number of carbonyl (C=O) groups excluding carboxylic acids is 3. The van der Waals surface area contributed by atoms with Crippen molar-refractivity contribution in [2.45, 2.75) is 20.3 Å². The Balaban J connectivity index is 1.52. The number of ether oxygens (including phenoxy) is 1. The number of aryl methyl sites for hydroxylation is 2. The second-order valence-corrected chi connectivity index (χ2v) is 7.39. The van der Waals surface area contributed by atoms with E-state index in [4.69, 9.17) is 4.74 Å². The van der Waals surface area contributed by atoms with Crippen LogP contribution in [0.15, 0.2) is 77.9 Å². The van der Waals surface area contributed by atoms with E-state index in [0.717, 1.165) is 12.0 Å². The number of hydrazone groups is 1. The molecule has 0 fully saturated rings. The number of nitrogens with zero attached hydrogens (tertiary/aromatic N) is 1. The molecule has 3 amide bonds. The summed E-state index contributed by atoms with van der Waals surface area (Å²) in [6, 6.07) is 21.6. The van der Waals surface area contributed by atoms with Gasteiger partial charge in [-0.3, -0.25) is 14.4 Å². The SMILES string of the molecule is CCc1ccc(NC(=O)COc2ccccc2/C=N\NC(=O)C(=O)Nc2ccccc2C)cc1. The second kappa shape index (κ2) is 12.0. The minimum Gasteiger partial charge on any atom is -0.483 e. The third-order valence-corrected chi connectivity index (χ3v) is 4.89. The Morgan fingerprint density at radius 3 is 2.32 bits per heavy atom. The van der Waals surface area contributed by atoms with Crippen LogP contribution < -0.4 is 20.8 Å². The maximum atomic E-state index is 12.2. The van der Waals surface area contributed by atoms with E-state index in [2.05, 4.69) is 28.1 Å². The first kappa shape index (κ1) is 24.2. The van der Waals surface area contributed by atoms with E-state index in [1.165, 1.54) is 11.8 Å². The molecular formula is C26H26N4O4. The van der Waals surface area contributed by atoms with Gasteiger partial charge in [0.2, 0.25) is 0 Å². The fraction of sp³-hybridized carbons (Fsp3) is 0.154. The van der Waals surface area contributed by atoms with Gasteiger partial charge in [-0.2, -0.15) is 5.10 Å². The summed E-state index contributed by atoms with van der Waals surface area (Å²) in [4.78, 5) is 36.3. The summed E-state index contributed by atoms with van der Waals surface area (Å²) in [5.74, 6) is -1.65. The molecule has 0 bridgehead atoms. The van der Waals surface area contributed by atoms with Gasteiger partial charge in [0.15, 0.2) is 6.61 Å². The predicted molar refractivity (Wildman–Crippen MR) is 132 cm³/mol. The van der Waals surface area contributed by atoms with Gasteiger partial charge in [-0.1, -0.05) is 49.4 Å². The van der Waals surface area contributed by atoms with Gasteiger partial charge >= 0.3 is 11.8 Å². The molecule has 3 N–H and O–H groups in total. The molecule has 0 aliphatic rings. The van der Waals surface area contributed by atoms with E-state index >= 15 is 0 Å². The minimum atomic E-state index is -0.911. The number of hydrogen-bond acceptors (Lipinski definition) is 5. The number of nitrogens with one attached hydrogen (secondary N) is 3. The van der Waals surface area contributed by atoms with Crippen LogP contribution in [0.2, 0.25) is 0 Å². The number of amides is 3. The Bertz CT molecular complexity index is 1190. The first-order valence-electron chi connectivity index (χ1n) is 10.8. The van der Waals surface area contributed by atoms with Gasteiger partial charge in [0.25, 0.3) is 5.91 Å². The highest BCUT2D eigenvalue weighted by Gasteiger charge is 2.14.